The molecule has 22 heavy (non-hydrogen) atoms. The molecule has 0 aliphatic carbocycles. The van der Waals surface area contributed by atoms with E-state index in [4.69, 9.17) is 27.9 Å². The molecule has 2 aromatic rings. The molecule has 3 rings (SSSR count). The molecular weight excluding hydrogens is 325 g/mol. The van der Waals surface area contributed by atoms with E-state index in [2.05, 4.69) is 5.10 Å². The van der Waals surface area contributed by atoms with E-state index in [0.29, 0.717) is 28.9 Å². The molecule has 0 bridgehead atoms. The van der Waals surface area contributed by atoms with Crippen molar-refractivity contribution in [2.24, 2.45) is 0 Å². The number of ether oxygens (including phenoxy) is 1. The third-order valence-electron chi connectivity index (χ3n) is 3.61. The van der Waals surface area contributed by atoms with Crippen LogP contribution in [0.3, 0.4) is 0 Å². The van der Waals surface area contributed by atoms with Crippen LogP contribution in [0.15, 0.2) is 36.7 Å². The fourth-order valence-electron chi connectivity index (χ4n) is 2.32. The summed E-state index contributed by atoms with van der Waals surface area (Å²) >= 11 is 11.9. The van der Waals surface area contributed by atoms with Crippen LogP contribution in [0.2, 0.25) is 10.0 Å². The molecule has 1 aliphatic rings. The number of amides is 1. The van der Waals surface area contributed by atoms with E-state index < -0.39 is 0 Å². The van der Waals surface area contributed by atoms with Crippen molar-refractivity contribution in [2.45, 2.75) is 19.1 Å². The van der Waals surface area contributed by atoms with Crippen molar-refractivity contribution in [3.05, 3.63) is 46.7 Å². The Morgan fingerprint density at radius 1 is 1.36 bits per heavy atom. The maximum atomic E-state index is 12.3. The predicted octanol–water partition coefficient (Wildman–Crippen LogP) is 3.04. The van der Waals surface area contributed by atoms with Crippen LogP contribution >= 0.6 is 23.2 Å². The number of hydrogen-bond donors (Lipinski definition) is 0. The lowest BCUT2D eigenvalue weighted by molar-refractivity contribution is -0.143. The third-order valence-corrected chi connectivity index (χ3v) is 4.12. The lowest BCUT2D eigenvalue weighted by atomic mass is 10.1. The number of para-hydroxylation sites is 1. The quantitative estimate of drug-likeness (QED) is 0.860. The van der Waals surface area contributed by atoms with E-state index >= 15 is 0 Å². The highest BCUT2D eigenvalue weighted by molar-refractivity contribution is 6.32. The van der Waals surface area contributed by atoms with Gasteiger partial charge >= 0.3 is 0 Å². The van der Waals surface area contributed by atoms with E-state index in [1.165, 1.54) is 6.20 Å². The van der Waals surface area contributed by atoms with Crippen LogP contribution < -0.4 is 4.74 Å². The number of hydrogen-bond acceptors (Lipinski definition) is 3. The number of nitrogens with zero attached hydrogens (tertiary/aromatic N) is 3. The van der Waals surface area contributed by atoms with Crippen molar-refractivity contribution in [3.8, 4) is 5.75 Å². The van der Waals surface area contributed by atoms with Crippen molar-refractivity contribution >= 4 is 29.1 Å². The molecule has 1 aliphatic heterocycles. The van der Waals surface area contributed by atoms with Crippen LogP contribution in [0.5, 0.6) is 5.75 Å². The number of likely N-dealkylation sites (tertiary alicyclic amines) is 1. The van der Waals surface area contributed by atoms with Crippen molar-refractivity contribution in [2.75, 3.05) is 13.1 Å². The summed E-state index contributed by atoms with van der Waals surface area (Å²) in [5.41, 5.74) is 0. The van der Waals surface area contributed by atoms with Gasteiger partial charge in [0, 0.05) is 6.20 Å². The van der Waals surface area contributed by atoms with Gasteiger partial charge < -0.3 is 9.64 Å². The molecule has 116 valence electrons. The van der Waals surface area contributed by atoms with Gasteiger partial charge in [-0.05, 0) is 19.1 Å². The Kier molecular flexibility index (Phi) is 4.27. The fraction of sp³-hybridized carbons (Fsp3) is 0.333. The van der Waals surface area contributed by atoms with Gasteiger partial charge in [-0.25, -0.2) is 0 Å². The molecule has 0 spiro atoms. The Hall–Kier alpha value is -1.72. The molecule has 1 amide bonds. The molecule has 0 saturated carbocycles. The first-order valence-corrected chi connectivity index (χ1v) is 7.70. The maximum absolute atomic E-state index is 12.3. The third kappa shape index (κ3) is 3.05. The van der Waals surface area contributed by atoms with Crippen LogP contribution in [0.4, 0.5) is 0 Å². The van der Waals surface area contributed by atoms with Crippen molar-refractivity contribution in [1.29, 1.82) is 0 Å². The summed E-state index contributed by atoms with van der Waals surface area (Å²) in [6, 6.07) is 6.94. The zero-order valence-corrected chi connectivity index (χ0v) is 13.5. The van der Waals surface area contributed by atoms with Gasteiger partial charge in [-0.2, -0.15) is 5.10 Å². The Bertz CT molecular complexity index is 683. The molecule has 1 atom stereocenters. The lowest BCUT2D eigenvalue weighted by Gasteiger charge is -2.40. The second-order valence-corrected chi connectivity index (χ2v) is 6.07. The molecule has 5 nitrogen and oxygen atoms in total. The van der Waals surface area contributed by atoms with Crippen LogP contribution in [0, 0.1) is 0 Å². The summed E-state index contributed by atoms with van der Waals surface area (Å²) in [7, 11) is 0. The topological polar surface area (TPSA) is 47.4 Å². The SMILES string of the molecule is CC(C(=O)N1CC(Oc2ccccc2Cl)C1)n1cc(Cl)cn1. The van der Waals surface area contributed by atoms with Gasteiger partial charge in [-0.1, -0.05) is 35.3 Å². The van der Waals surface area contributed by atoms with Gasteiger partial charge in [0.1, 0.15) is 17.9 Å². The molecule has 1 fully saturated rings. The summed E-state index contributed by atoms with van der Waals surface area (Å²) in [6.07, 6.45) is 3.13. The van der Waals surface area contributed by atoms with Crippen LogP contribution in [-0.4, -0.2) is 39.8 Å². The number of benzene rings is 1. The number of carbonyl (C=O) groups is 1. The first kappa shape index (κ1) is 15.2. The standard InChI is InChI=1S/C15H15Cl2N3O2/c1-10(20-7-11(16)6-18-20)15(21)19-8-12(9-19)22-14-5-3-2-4-13(14)17/h2-7,10,12H,8-9H2,1H3. The van der Waals surface area contributed by atoms with Gasteiger partial charge in [0.25, 0.3) is 0 Å². The summed E-state index contributed by atoms with van der Waals surface area (Å²) in [6.45, 7) is 2.89. The first-order chi connectivity index (χ1) is 10.5. The summed E-state index contributed by atoms with van der Waals surface area (Å²) in [5.74, 6) is 0.645. The van der Waals surface area contributed by atoms with E-state index in [-0.39, 0.29) is 18.1 Å². The maximum Gasteiger partial charge on any atom is 0.247 e. The number of halogens is 2. The number of carbonyl (C=O) groups excluding carboxylic acids is 1. The van der Waals surface area contributed by atoms with Crippen LogP contribution in [0.25, 0.3) is 0 Å². The minimum atomic E-state index is -0.381. The first-order valence-electron chi connectivity index (χ1n) is 6.94. The summed E-state index contributed by atoms with van der Waals surface area (Å²) < 4.78 is 7.34. The predicted molar refractivity (Wildman–Crippen MR) is 84.4 cm³/mol. The van der Waals surface area contributed by atoms with Crippen molar-refractivity contribution in [3.63, 3.8) is 0 Å². The van der Waals surface area contributed by atoms with E-state index in [1.54, 1.807) is 28.8 Å². The molecule has 7 heteroatoms. The smallest absolute Gasteiger partial charge is 0.247 e. The monoisotopic (exact) mass is 339 g/mol. The van der Waals surface area contributed by atoms with Crippen molar-refractivity contribution < 1.29 is 9.53 Å². The number of rotatable bonds is 4. The molecule has 1 saturated heterocycles. The van der Waals surface area contributed by atoms with Crippen LogP contribution in [0.1, 0.15) is 13.0 Å². The van der Waals surface area contributed by atoms with E-state index in [0.717, 1.165) is 0 Å². The highest BCUT2D eigenvalue weighted by Crippen LogP contribution is 2.27. The Labute approximate surface area is 138 Å². The largest absolute Gasteiger partial charge is 0.485 e. The average Bonchev–Trinajstić information content (AvgIpc) is 2.89. The molecular formula is C15H15Cl2N3O2. The second kappa shape index (κ2) is 6.18. The van der Waals surface area contributed by atoms with Crippen molar-refractivity contribution in [1.82, 2.24) is 14.7 Å². The zero-order valence-electron chi connectivity index (χ0n) is 11.9. The molecule has 1 aromatic carbocycles. The Morgan fingerprint density at radius 3 is 2.73 bits per heavy atom. The average molecular weight is 340 g/mol. The fourth-order valence-corrected chi connectivity index (χ4v) is 2.64. The summed E-state index contributed by atoms with van der Waals surface area (Å²) in [5, 5.41) is 5.16. The van der Waals surface area contributed by atoms with Gasteiger partial charge in [0.2, 0.25) is 5.91 Å². The normalized spacial score (nSPS) is 16.2. The van der Waals surface area contributed by atoms with Gasteiger partial charge in [-0.3, -0.25) is 9.48 Å². The van der Waals surface area contributed by atoms with E-state index in [9.17, 15) is 4.79 Å². The summed E-state index contributed by atoms with van der Waals surface area (Å²) in [4.78, 5) is 14.1. The lowest BCUT2D eigenvalue weighted by Crippen LogP contribution is -2.57. The van der Waals surface area contributed by atoms with Gasteiger partial charge in [0.05, 0.1) is 29.3 Å². The zero-order chi connectivity index (χ0) is 15.7. The van der Waals surface area contributed by atoms with E-state index in [1.807, 2.05) is 18.2 Å². The molecule has 2 heterocycles. The number of aromatic nitrogens is 2. The molecule has 0 N–H and O–H groups in total. The van der Waals surface area contributed by atoms with Crippen LogP contribution in [-0.2, 0) is 4.79 Å². The molecule has 0 radical (unpaired) electrons. The van der Waals surface area contributed by atoms with Gasteiger partial charge in [0.15, 0.2) is 0 Å². The minimum Gasteiger partial charge on any atom is -0.485 e. The Morgan fingerprint density at radius 2 is 2.09 bits per heavy atom. The minimum absolute atomic E-state index is 0.00113. The highest BCUT2D eigenvalue weighted by atomic mass is 35.5. The second-order valence-electron chi connectivity index (χ2n) is 5.23. The van der Waals surface area contributed by atoms with Gasteiger partial charge in [-0.15, -0.1) is 0 Å². The molecule has 1 aromatic heterocycles. The highest BCUT2D eigenvalue weighted by Gasteiger charge is 2.35. The Balaban J connectivity index is 1.54. The molecule has 1 unspecified atom stereocenters.